The van der Waals surface area contributed by atoms with E-state index in [0.29, 0.717) is 51.4 Å². The quantitative estimate of drug-likeness (QED) is 0.129. The molecular weight excluding hydrogens is 1030 g/mol. The van der Waals surface area contributed by atoms with Crippen molar-refractivity contribution in [1.29, 1.82) is 0 Å². The number of hydrogen-bond acceptors (Lipinski definition) is 21. The Kier molecular flexibility index (Phi) is 19.2. The number of fused-ring (bicyclic) bond motifs is 5. The molecule has 0 aromatic carbocycles. The SMILES string of the molecule is CO[C@H]1C[C@H](O[C@H]2CC[C@@]3(C)C(=CC[C@@H]4[C@@H]3C[C@@H](OC(C)=O)[C@]3(C)[C@](O)(C(C)=O)CC[C@]43O)C2)O[C@H](C)[C@H]1O[C@H]1C[C@H](OC)[C@H](O[C@H]2C[C@@H](OC)[C@H](O[C@H]3C[C@@H](OC)[C@H](O[C@@H]4C[C@@H](OC)[C@@H](O)[C@H](C)O4)[C@@H](C)O3)[C@@H](C)O2)[C@@H](C)O1. The highest BCUT2D eigenvalue weighted by molar-refractivity contribution is 5.87. The van der Waals surface area contributed by atoms with E-state index in [2.05, 4.69) is 13.0 Å². The lowest BCUT2D eigenvalue weighted by Gasteiger charge is -2.63. The van der Waals surface area contributed by atoms with E-state index in [4.69, 9.17) is 75.8 Å². The van der Waals surface area contributed by atoms with Crippen LogP contribution in [0.4, 0.5) is 0 Å². The van der Waals surface area contributed by atoms with Crippen LogP contribution in [0.15, 0.2) is 11.6 Å². The standard InChI is InChI=1S/C58H94O21/c1-28-50(61)39(64-10)23-46(69-28)76-52-30(3)71-48(25-41(52)66-12)78-54-32(5)73-49(27-43(54)68-14)79-53-31(4)72-47(26-42(53)67-13)77-51-29(2)70-45(24-40(51)65-11)75-36-17-18-55(8)35(21-36)15-16-37-38(55)22-44(74-34(7)60)56(9)57(62,33(6)59)19-20-58(37,56)63/h15,28-32,36-54,61-63H,16-27H2,1-14H3/t28-,29+,30+,31+,32+,36-,37+,38-,39+,40-,41+,42-,43+,44+,45-,46+,47-,48-,49-,50-,51+,52+,53+,54+,55-,56+,57+,58-/m0/s1. The number of esters is 1. The van der Waals surface area contributed by atoms with Crippen LogP contribution in [0.25, 0.3) is 0 Å². The molecule has 21 heteroatoms. The van der Waals surface area contributed by atoms with Gasteiger partial charge in [-0.25, -0.2) is 0 Å². The number of Topliss-reactive ketones (excluding diaryl/α,β-unsaturated/α-hetero) is 1. The second-order valence-corrected chi connectivity index (χ2v) is 24.8. The molecule has 9 rings (SSSR count). The van der Waals surface area contributed by atoms with E-state index in [1.54, 1.807) is 49.4 Å². The Balaban J connectivity index is 0.760. The summed E-state index contributed by atoms with van der Waals surface area (Å²) in [6.07, 6.45) is -3.03. The smallest absolute Gasteiger partial charge is 0.302 e. The third kappa shape index (κ3) is 11.6. The summed E-state index contributed by atoms with van der Waals surface area (Å²) in [7, 11) is 8.18. The molecular formula is C58H94O21. The highest BCUT2D eigenvalue weighted by Gasteiger charge is 2.77. The number of methoxy groups -OCH3 is 5. The summed E-state index contributed by atoms with van der Waals surface area (Å²) >= 11 is 0. The zero-order valence-corrected chi connectivity index (χ0v) is 49.1. The van der Waals surface area contributed by atoms with Crippen molar-refractivity contribution in [1.82, 2.24) is 0 Å². The van der Waals surface area contributed by atoms with Gasteiger partial charge in [0.1, 0.15) is 42.2 Å². The van der Waals surface area contributed by atoms with Crippen molar-refractivity contribution in [2.24, 2.45) is 22.7 Å². The first kappa shape index (κ1) is 61.7. The first-order chi connectivity index (χ1) is 37.4. The molecule has 5 heterocycles. The van der Waals surface area contributed by atoms with Crippen LogP contribution in [0.1, 0.15) is 139 Å². The molecule has 3 saturated carbocycles. The van der Waals surface area contributed by atoms with Crippen LogP contribution >= 0.6 is 0 Å². The van der Waals surface area contributed by atoms with Crippen LogP contribution in [-0.2, 0) is 85.4 Å². The molecule has 4 aliphatic carbocycles. The molecule has 0 radical (unpaired) electrons. The maximum Gasteiger partial charge on any atom is 0.302 e. The van der Waals surface area contributed by atoms with Gasteiger partial charge in [-0.05, 0) is 104 Å². The van der Waals surface area contributed by atoms with E-state index in [9.17, 15) is 24.9 Å². The maximum atomic E-state index is 13.1. The third-order valence-electron chi connectivity index (χ3n) is 20.6. The molecule has 79 heavy (non-hydrogen) atoms. The van der Waals surface area contributed by atoms with Crippen molar-refractivity contribution < 1.29 is 101 Å². The molecule has 0 bridgehead atoms. The Labute approximate surface area is 466 Å². The predicted molar refractivity (Wildman–Crippen MR) is 279 cm³/mol. The van der Waals surface area contributed by atoms with Crippen molar-refractivity contribution >= 4 is 11.8 Å². The molecule has 28 atom stereocenters. The van der Waals surface area contributed by atoms with Gasteiger partial charge in [-0.1, -0.05) is 25.5 Å². The Morgan fingerprint density at radius 3 is 1.35 bits per heavy atom. The summed E-state index contributed by atoms with van der Waals surface area (Å²) in [6, 6.07) is 0. The predicted octanol–water partition coefficient (Wildman–Crippen LogP) is 4.96. The van der Waals surface area contributed by atoms with Gasteiger partial charge >= 0.3 is 5.97 Å². The van der Waals surface area contributed by atoms with Crippen LogP contribution in [-0.4, -0.2) is 209 Å². The highest BCUT2D eigenvalue weighted by atomic mass is 16.8. The number of aliphatic hydroxyl groups excluding tert-OH is 1. The monoisotopic (exact) mass is 1130 g/mol. The minimum absolute atomic E-state index is 0.0400. The molecule has 0 aromatic heterocycles. The van der Waals surface area contributed by atoms with E-state index in [1.165, 1.54) is 19.4 Å². The van der Waals surface area contributed by atoms with Gasteiger partial charge in [0.05, 0.1) is 78.2 Å². The number of ether oxygens (including phenoxy) is 16. The van der Waals surface area contributed by atoms with Crippen LogP contribution in [0.2, 0.25) is 0 Å². The Morgan fingerprint density at radius 1 is 0.544 bits per heavy atom. The highest BCUT2D eigenvalue weighted by Crippen LogP contribution is 2.69. The molecule has 3 N–H and O–H groups in total. The van der Waals surface area contributed by atoms with Gasteiger partial charge in [0.25, 0.3) is 0 Å². The summed E-state index contributed by atoms with van der Waals surface area (Å²) in [5, 5.41) is 35.1. The third-order valence-corrected chi connectivity index (χ3v) is 20.6. The number of aliphatic hydroxyl groups is 3. The van der Waals surface area contributed by atoms with Crippen molar-refractivity contribution in [3.05, 3.63) is 11.6 Å². The topological polar surface area (TPSA) is 243 Å². The lowest BCUT2D eigenvalue weighted by Crippen LogP contribution is -2.71. The molecule has 0 unspecified atom stereocenters. The summed E-state index contributed by atoms with van der Waals surface area (Å²) in [5.74, 6) is -1.18. The van der Waals surface area contributed by atoms with E-state index in [1.807, 2.05) is 27.7 Å². The summed E-state index contributed by atoms with van der Waals surface area (Å²) in [6.45, 7) is 16.2. The average molecular weight is 1130 g/mol. The molecule has 8 fully saturated rings. The molecule has 0 spiro atoms. The minimum Gasteiger partial charge on any atom is -0.462 e. The second-order valence-electron chi connectivity index (χ2n) is 24.8. The Bertz CT molecular complexity index is 2120. The molecule has 0 amide bonds. The van der Waals surface area contributed by atoms with Gasteiger partial charge in [-0.15, -0.1) is 0 Å². The van der Waals surface area contributed by atoms with Crippen LogP contribution in [0, 0.1) is 22.7 Å². The fourth-order valence-electron chi connectivity index (χ4n) is 15.9. The fourth-order valence-corrected chi connectivity index (χ4v) is 15.9. The molecule has 452 valence electrons. The van der Waals surface area contributed by atoms with Gasteiger partial charge < -0.3 is 91.1 Å². The van der Waals surface area contributed by atoms with E-state index >= 15 is 0 Å². The van der Waals surface area contributed by atoms with Crippen LogP contribution < -0.4 is 0 Å². The van der Waals surface area contributed by atoms with Gasteiger partial charge in [0.15, 0.2) is 37.2 Å². The van der Waals surface area contributed by atoms with Crippen molar-refractivity contribution in [3.63, 3.8) is 0 Å². The van der Waals surface area contributed by atoms with Gasteiger partial charge in [-0.3, -0.25) is 9.59 Å². The first-order valence-corrected chi connectivity index (χ1v) is 29.1. The Morgan fingerprint density at radius 2 is 0.949 bits per heavy atom. The lowest BCUT2D eigenvalue weighted by atomic mass is 9.44. The van der Waals surface area contributed by atoms with Gasteiger partial charge in [0, 0.05) is 74.6 Å². The molecule has 0 aromatic rings. The number of rotatable bonds is 17. The number of hydrogen-bond donors (Lipinski definition) is 3. The summed E-state index contributed by atoms with van der Waals surface area (Å²) < 4.78 is 101. The van der Waals surface area contributed by atoms with Gasteiger partial charge in [-0.2, -0.15) is 0 Å². The van der Waals surface area contributed by atoms with Crippen LogP contribution in [0.3, 0.4) is 0 Å². The Hall–Kier alpha value is -1.84. The summed E-state index contributed by atoms with van der Waals surface area (Å²) in [4.78, 5) is 25.6. The van der Waals surface area contributed by atoms with Gasteiger partial charge in [0.2, 0.25) is 0 Å². The molecule has 9 aliphatic rings. The number of carbonyl (C=O) groups excluding carboxylic acids is 2. The van der Waals surface area contributed by atoms with E-state index in [-0.39, 0.29) is 48.4 Å². The summed E-state index contributed by atoms with van der Waals surface area (Å²) in [5.41, 5.74) is -3.63. The lowest BCUT2D eigenvalue weighted by molar-refractivity contribution is -0.352. The first-order valence-electron chi connectivity index (χ1n) is 29.1. The average Bonchev–Trinajstić information content (AvgIpc) is 2.62. The molecule has 5 aliphatic heterocycles. The van der Waals surface area contributed by atoms with Crippen LogP contribution in [0.5, 0.6) is 0 Å². The van der Waals surface area contributed by atoms with Crippen molar-refractivity contribution in [2.45, 2.75) is 286 Å². The molecule has 21 nitrogen and oxygen atoms in total. The van der Waals surface area contributed by atoms with E-state index < -0.39 is 145 Å². The number of carbonyl (C=O) groups is 2. The number of allylic oxidation sites excluding steroid dienone is 1. The fraction of sp³-hybridized carbons (Fsp3) is 0.931. The minimum atomic E-state index is -1.81. The van der Waals surface area contributed by atoms with Crippen molar-refractivity contribution in [3.8, 4) is 0 Å². The molecule has 5 saturated heterocycles. The van der Waals surface area contributed by atoms with Crippen molar-refractivity contribution in [2.75, 3.05) is 35.5 Å². The number of ketones is 1. The largest absolute Gasteiger partial charge is 0.462 e. The maximum absolute atomic E-state index is 13.1. The normalized spacial score (nSPS) is 51.1. The second kappa shape index (κ2) is 24.6. The van der Waals surface area contributed by atoms with E-state index in [0.717, 1.165) is 12.8 Å². The zero-order chi connectivity index (χ0) is 57.1. The zero-order valence-electron chi connectivity index (χ0n) is 49.1.